The van der Waals surface area contributed by atoms with E-state index in [1.54, 1.807) is 6.07 Å². The number of nitriles is 1. The average molecular weight is 378 g/mol. The molecule has 0 spiro atoms. The number of rotatable bonds is 5. The molecular formula is C18H13Cl2NO4. The number of carbonyl (C=O) groups is 1. The summed E-state index contributed by atoms with van der Waals surface area (Å²) in [6.07, 6.45) is 1.34. The van der Waals surface area contributed by atoms with Gasteiger partial charge in [-0.1, -0.05) is 29.3 Å². The van der Waals surface area contributed by atoms with Crippen molar-refractivity contribution in [3.63, 3.8) is 0 Å². The van der Waals surface area contributed by atoms with Gasteiger partial charge >= 0.3 is 0 Å². The number of carbonyl (C=O) groups excluding carboxylic acids is 1. The molecule has 2 rings (SSSR count). The SMILES string of the molecule is COc1cc(/C=C(\C#N)C(=O)c2c(Cl)cccc2Cl)cc(OC)c1O. The van der Waals surface area contributed by atoms with Gasteiger partial charge in [0.1, 0.15) is 11.6 Å². The molecule has 7 heteroatoms. The summed E-state index contributed by atoms with van der Waals surface area (Å²) in [6.45, 7) is 0. The van der Waals surface area contributed by atoms with E-state index in [1.807, 2.05) is 6.07 Å². The topological polar surface area (TPSA) is 79.5 Å². The number of methoxy groups -OCH3 is 2. The summed E-state index contributed by atoms with van der Waals surface area (Å²) >= 11 is 12.1. The number of ketones is 1. The van der Waals surface area contributed by atoms with Crippen molar-refractivity contribution < 1.29 is 19.4 Å². The van der Waals surface area contributed by atoms with Crippen LogP contribution in [0.1, 0.15) is 15.9 Å². The van der Waals surface area contributed by atoms with Gasteiger partial charge in [-0.15, -0.1) is 0 Å². The molecule has 25 heavy (non-hydrogen) atoms. The number of halogens is 2. The molecule has 0 aliphatic rings. The third-order valence-corrected chi connectivity index (χ3v) is 4.00. The van der Waals surface area contributed by atoms with Gasteiger partial charge in [0, 0.05) is 0 Å². The first-order chi connectivity index (χ1) is 11.9. The Morgan fingerprint density at radius 1 is 1.16 bits per heavy atom. The van der Waals surface area contributed by atoms with Crippen molar-refractivity contribution in [2.75, 3.05) is 14.2 Å². The summed E-state index contributed by atoms with van der Waals surface area (Å²) in [4.78, 5) is 12.6. The average Bonchev–Trinajstić information content (AvgIpc) is 2.60. The number of aromatic hydroxyl groups is 1. The summed E-state index contributed by atoms with van der Waals surface area (Å²) in [7, 11) is 2.75. The Balaban J connectivity index is 2.55. The highest BCUT2D eigenvalue weighted by Crippen LogP contribution is 2.38. The van der Waals surface area contributed by atoms with E-state index in [0.717, 1.165) is 0 Å². The van der Waals surface area contributed by atoms with Gasteiger partial charge in [0.05, 0.1) is 29.8 Å². The fraction of sp³-hybridized carbons (Fsp3) is 0.111. The van der Waals surface area contributed by atoms with Crippen molar-refractivity contribution in [2.24, 2.45) is 0 Å². The summed E-state index contributed by atoms with van der Waals surface area (Å²) in [6, 6.07) is 9.42. The van der Waals surface area contributed by atoms with Crippen LogP contribution < -0.4 is 9.47 Å². The lowest BCUT2D eigenvalue weighted by Crippen LogP contribution is -2.04. The van der Waals surface area contributed by atoms with Gasteiger partial charge in [0.15, 0.2) is 11.5 Å². The molecule has 5 nitrogen and oxygen atoms in total. The molecule has 0 saturated heterocycles. The molecule has 0 radical (unpaired) electrons. The predicted octanol–water partition coefficient (Wildman–Crippen LogP) is 4.51. The van der Waals surface area contributed by atoms with E-state index in [9.17, 15) is 15.2 Å². The molecule has 128 valence electrons. The molecule has 2 aromatic carbocycles. The zero-order valence-corrected chi connectivity index (χ0v) is 14.9. The third-order valence-electron chi connectivity index (χ3n) is 3.37. The Labute approximate surface area is 154 Å². The molecular weight excluding hydrogens is 365 g/mol. The Bertz CT molecular complexity index is 855. The normalized spacial score (nSPS) is 10.9. The molecule has 0 heterocycles. The van der Waals surface area contributed by atoms with Gasteiger partial charge in [-0.2, -0.15) is 5.26 Å². The lowest BCUT2D eigenvalue weighted by Gasteiger charge is -2.10. The van der Waals surface area contributed by atoms with E-state index < -0.39 is 5.78 Å². The number of hydrogen-bond donors (Lipinski definition) is 1. The van der Waals surface area contributed by atoms with Crippen LogP contribution in [0, 0.1) is 11.3 Å². The van der Waals surface area contributed by atoms with Gasteiger partial charge in [0.2, 0.25) is 11.5 Å². The molecule has 0 saturated carbocycles. The van der Waals surface area contributed by atoms with Crippen molar-refractivity contribution in [3.8, 4) is 23.3 Å². The minimum absolute atomic E-state index is 0.0522. The number of nitrogens with zero attached hydrogens (tertiary/aromatic N) is 1. The number of benzene rings is 2. The molecule has 0 unspecified atom stereocenters. The van der Waals surface area contributed by atoms with Crippen molar-refractivity contribution in [2.45, 2.75) is 0 Å². The first kappa shape index (κ1) is 18.7. The Morgan fingerprint density at radius 3 is 2.12 bits per heavy atom. The van der Waals surface area contributed by atoms with E-state index >= 15 is 0 Å². The third kappa shape index (κ3) is 3.87. The Kier molecular flexibility index (Phi) is 5.92. The number of allylic oxidation sites excluding steroid dienone is 1. The molecule has 0 atom stereocenters. The molecule has 0 aromatic heterocycles. The first-order valence-corrected chi connectivity index (χ1v) is 7.74. The maximum Gasteiger partial charge on any atom is 0.206 e. The zero-order chi connectivity index (χ0) is 18.6. The second kappa shape index (κ2) is 7.93. The minimum Gasteiger partial charge on any atom is -0.502 e. The van der Waals surface area contributed by atoms with Crippen molar-refractivity contribution in [1.82, 2.24) is 0 Å². The largest absolute Gasteiger partial charge is 0.502 e. The van der Waals surface area contributed by atoms with Gasteiger partial charge in [-0.25, -0.2) is 0 Å². The highest BCUT2D eigenvalue weighted by atomic mass is 35.5. The summed E-state index contributed by atoms with van der Waals surface area (Å²) in [5, 5.41) is 19.6. The summed E-state index contributed by atoms with van der Waals surface area (Å²) < 4.78 is 10.1. The van der Waals surface area contributed by atoms with Crippen LogP contribution >= 0.6 is 23.2 Å². The van der Waals surface area contributed by atoms with Crippen LogP contribution in [-0.4, -0.2) is 25.1 Å². The van der Waals surface area contributed by atoms with Crippen LogP contribution in [0.15, 0.2) is 35.9 Å². The van der Waals surface area contributed by atoms with Crippen LogP contribution in [0.3, 0.4) is 0 Å². The van der Waals surface area contributed by atoms with Gasteiger partial charge in [-0.05, 0) is 35.9 Å². The second-order valence-corrected chi connectivity index (χ2v) is 5.68. The van der Waals surface area contributed by atoms with Crippen LogP contribution in [0.2, 0.25) is 10.0 Å². The maximum absolute atomic E-state index is 12.6. The van der Waals surface area contributed by atoms with E-state index in [1.165, 1.54) is 44.6 Å². The number of phenolic OH excluding ortho intramolecular Hbond substituents is 1. The number of phenols is 1. The van der Waals surface area contributed by atoms with Crippen LogP contribution in [-0.2, 0) is 0 Å². The molecule has 1 N–H and O–H groups in total. The molecule has 0 aliphatic carbocycles. The number of ether oxygens (including phenoxy) is 2. The number of Topliss-reactive ketones (excluding diaryl/α,β-unsaturated/α-hetero) is 1. The lowest BCUT2D eigenvalue weighted by molar-refractivity contribution is 0.104. The highest BCUT2D eigenvalue weighted by molar-refractivity contribution is 6.41. The highest BCUT2D eigenvalue weighted by Gasteiger charge is 2.19. The first-order valence-electron chi connectivity index (χ1n) is 6.98. The van der Waals surface area contributed by atoms with Crippen LogP contribution in [0.5, 0.6) is 17.2 Å². The van der Waals surface area contributed by atoms with E-state index in [0.29, 0.717) is 5.56 Å². The number of hydrogen-bond acceptors (Lipinski definition) is 5. The Morgan fingerprint density at radius 2 is 1.68 bits per heavy atom. The smallest absolute Gasteiger partial charge is 0.206 e. The molecule has 0 fully saturated rings. The fourth-order valence-corrected chi connectivity index (χ4v) is 2.73. The van der Waals surface area contributed by atoms with Crippen molar-refractivity contribution >= 4 is 35.1 Å². The molecule has 0 aliphatic heterocycles. The lowest BCUT2D eigenvalue weighted by atomic mass is 10.0. The molecule has 2 aromatic rings. The van der Waals surface area contributed by atoms with Crippen LogP contribution in [0.25, 0.3) is 6.08 Å². The Hall–Kier alpha value is -2.68. The van der Waals surface area contributed by atoms with Gasteiger partial charge in [0.25, 0.3) is 0 Å². The quantitative estimate of drug-likeness (QED) is 0.471. The van der Waals surface area contributed by atoms with Gasteiger partial charge in [-0.3, -0.25) is 4.79 Å². The van der Waals surface area contributed by atoms with Crippen molar-refractivity contribution in [3.05, 3.63) is 57.1 Å². The van der Waals surface area contributed by atoms with E-state index in [2.05, 4.69) is 0 Å². The molecule has 0 bridgehead atoms. The maximum atomic E-state index is 12.6. The second-order valence-electron chi connectivity index (χ2n) is 4.87. The van der Waals surface area contributed by atoms with Crippen LogP contribution in [0.4, 0.5) is 0 Å². The van der Waals surface area contributed by atoms with E-state index in [4.69, 9.17) is 32.7 Å². The summed E-state index contributed by atoms with van der Waals surface area (Å²) in [5.74, 6) is -0.498. The van der Waals surface area contributed by atoms with E-state index in [-0.39, 0.29) is 38.4 Å². The summed E-state index contributed by atoms with van der Waals surface area (Å²) in [5.41, 5.74) is 0.306. The van der Waals surface area contributed by atoms with Crippen molar-refractivity contribution in [1.29, 1.82) is 5.26 Å². The monoisotopic (exact) mass is 377 g/mol. The predicted molar refractivity (Wildman–Crippen MR) is 95.6 cm³/mol. The molecule has 0 amide bonds. The minimum atomic E-state index is -0.607. The fourth-order valence-electron chi connectivity index (χ4n) is 2.16. The standard InChI is InChI=1S/C18H13Cl2NO4/c1-24-14-7-10(8-15(25-2)18(14)23)6-11(9-21)17(22)16-12(19)4-3-5-13(16)20/h3-8,23H,1-2H3/b11-6+. The van der Waals surface area contributed by atoms with Gasteiger partial charge < -0.3 is 14.6 Å². The zero-order valence-electron chi connectivity index (χ0n) is 13.3.